The van der Waals surface area contributed by atoms with E-state index in [2.05, 4.69) is 5.32 Å². The van der Waals surface area contributed by atoms with E-state index < -0.39 is 76.8 Å². The lowest BCUT2D eigenvalue weighted by molar-refractivity contribution is 0.0651. The zero-order chi connectivity index (χ0) is 23.2. The molecule has 1 fully saturated rings. The molecule has 1 aromatic heterocycles. The quantitative estimate of drug-likeness (QED) is 0.695. The van der Waals surface area contributed by atoms with Crippen LogP contribution >= 0.6 is 0 Å². The van der Waals surface area contributed by atoms with Crippen molar-refractivity contribution in [2.45, 2.75) is 25.4 Å². The van der Waals surface area contributed by atoms with Crippen molar-refractivity contribution < 1.29 is 32.3 Å². The van der Waals surface area contributed by atoms with Crippen molar-refractivity contribution in [2.75, 3.05) is 19.8 Å². The van der Waals surface area contributed by atoms with Crippen molar-refractivity contribution in [1.29, 1.82) is 0 Å². The fourth-order valence-corrected chi connectivity index (χ4v) is 4.29. The van der Waals surface area contributed by atoms with Gasteiger partial charge in [-0.05, 0) is 12.8 Å². The number of halogens is 4. The van der Waals surface area contributed by atoms with Gasteiger partial charge in [0.2, 0.25) is 5.43 Å². The zero-order valence-electron chi connectivity index (χ0n) is 16.7. The number of hydrogen-bond acceptors (Lipinski definition) is 4. The molecule has 11 heteroatoms. The first-order chi connectivity index (χ1) is 15.2. The monoisotopic (exact) mass is 453 g/mol. The van der Waals surface area contributed by atoms with Crippen LogP contribution in [0.15, 0.2) is 23.1 Å². The zero-order valence-corrected chi connectivity index (χ0v) is 16.7. The summed E-state index contributed by atoms with van der Waals surface area (Å²) in [5.74, 6) is -6.67. The molecule has 1 saturated heterocycles. The van der Waals surface area contributed by atoms with E-state index in [1.807, 2.05) is 0 Å². The van der Waals surface area contributed by atoms with Crippen molar-refractivity contribution in [1.82, 2.24) is 14.8 Å². The Kier molecular flexibility index (Phi) is 5.66. The Morgan fingerprint density at radius 1 is 1.19 bits per heavy atom. The average molecular weight is 453 g/mol. The molecular formula is C21H19F4N3O4. The number of pyridine rings is 1. The number of amides is 2. The van der Waals surface area contributed by atoms with Crippen molar-refractivity contribution in [2.24, 2.45) is 5.92 Å². The highest BCUT2D eigenvalue weighted by Gasteiger charge is 2.40. The molecule has 7 nitrogen and oxygen atoms in total. The van der Waals surface area contributed by atoms with Gasteiger partial charge in [0.25, 0.3) is 11.8 Å². The maximum absolute atomic E-state index is 13.8. The molecule has 1 aromatic carbocycles. The molecule has 32 heavy (non-hydrogen) atoms. The predicted molar refractivity (Wildman–Crippen MR) is 103 cm³/mol. The number of nitrogens with one attached hydrogen (secondary N) is 1. The molecule has 170 valence electrons. The third kappa shape index (κ3) is 3.61. The molecule has 2 aromatic rings. The fourth-order valence-electron chi connectivity index (χ4n) is 4.29. The van der Waals surface area contributed by atoms with Crippen molar-refractivity contribution in [3.05, 3.63) is 62.8 Å². The van der Waals surface area contributed by atoms with E-state index in [0.717, 1.165) is 6.20 Å². The van der Waals surface area contributed by atoms with E-state index in [-0.39, 0.29) is 12.2 Å². The molecule has 3 heterocycles. The van der Waals surface area contributed by atoms with E-state index in [4.69, 9.17) is 0 Å². The molecule has 0 aliphatic carbocycles. The minimum atomic E-state index is -1.22. The van der Waals surface area contributed by atoms with Gasteiger partial charge in [0.1, 0.15) is 23.0 Å². The summed E-state index contributed by atoms with van der Waals surface area (Å²) >= 11 is 0. The highest BCUT2D eigenvalue weighted by molar-refractivity contribution is 5.99. The maximum atomic E-state index is 13.8. The van der Waals surface area contributed by atoms with Crippen LogP contribution in [-0.4, -0.2) is 46.2 Å². The molecule has 0 unspecified atom stereocenters. The van der Waals surface area contributed by atoms with Gasteiger partial charge in [-0.2, -0.15) is 0 Å². The predicted octanol–water partition coefficient (Wildman–Crippen LogP) is 2.28. The van der Waals surface area contributed by atoms with Crippen molar-refractivity contribution >= 4 is 11.8 Å². The Labute approximate surface area is 179 Å². The number of fused-ring (bicyclic) bond motifs is 4. The van der Waals surface area contributed by atoms with Gasteiger partial charge in [0.15, 0.2) is 11.4 Å². The summed E-state index contributed by atoms with van der Waals surface area (Å²) in [7, 11) is 0. The lowest BCUT2D eigenvalue weighted by Gasteiger charge is -2.36. The summed E-state index contributed by atoms with van der Waals surface area (Å²) < 4.78 is 55.6. The molecule has 2 bridgehead atoms. The molecule has 0 radical (unpaired) electrons. The van der Waals surface area contributed by atoms with Gasteiger partial charge in [-0.3, -0.25) is 18.8 Å². The van der Waals surface area contributed by atoms with Crippen LogP contribution in [-0.2, 0) is 6.54 Å². The number of hydrogen-bond donors (Lipinski definition) is 2. The number of nitrogens with zero attached hydrogens (tertiary/aromatic N) is 2. The van der Waals surface area contributed by atoms with Crippen LogP contribution in [0, 0.1) is 23.4 Å². The normalized spacial score (nSPS) is 20.0. The minimum absolute atomic E-state index is 0.162. The topological polar surface area (TPSA) is 91.6 Å². The molecule has 2 N–H and O–H groups in total. The van der Waals surface area contributed by atoms with Crippen LogP contribution in [0.4, 0.5) is 17.6 Å². The number of rotatable bonds is 4. The van der Waals surface area contributed by atoms with E-state index >= 15 is 0 Å². The molecule has 0 spiro atoms. The molecule has 2 aliphatic heterocycles. The van der Waals surface area contributed by atoms with Crippen LogP contribution in [0.3, 0.4) is 0 Å². The number of carbonyl (C=O) groups is 2. The third-order valence-electron chi connectivity index (χ3n) is 5.99. The second-order valence-electron chi connectivity index (χ2n) is 7.88. The average Bonchev–Trinajstić information content (AvgIpc) is 2.93. The van der Waals surface area contributed by atoms with Gasteiger partial charge in [0, 0.05) is 49.4 Å². The van der Waals surface area contributed by atoms with Crippen LogP contribution in [0.25, 0.3) is 0 Å². The smallest absolute Gasteiger partial charge is 0.274 e. The Balaban J connectivity index is 1.70. The van der Waals surface area contributed by atoms with Crippen LogP contribution in [0.5, 0.6) is 5.75 Å². The fraction of sp³-hybridized carbons (Fsp3) is 0.381. The Bertz CT molecular complexity index is 1140. The van der Waals surface area contributed by atoms with E-state index in [9.17, 15) is 37.1 Å². The largest absolute Gasteiger partial charge is 0.503 e. The summed E-state index contributed by atoms with van der Waals surface area (Å²) in [5, 5.41) is 12.6. The van der Waals surface area contributed by atoms with E-state index in [1.54, 1.807) is 0 Å². The van der Waals surface area contributed by atoms with Gasteiger partial charge >= 0.3 is 0 Å². The number of aromatic nitrogens is 1. The second kappa shape index (κ2) is 8.29. The standard InChI is InChI=1S/C21H19F4N3O4/c22-6-10-2-1-3-27-9-16(10)28-8-13(18(29)19(30)17(28)21(27)32)20(31)26-7-12-14(24)4-11(23)5-15(12)25/h4-5,8,10,16,30H,1-3,6-7,9H2,(H,26,31)/t10-,16+/m1/s1. The lowest BCUT2D eigenvalue weighted by Crippen LogP contribution is -2.46. The lowest BCUT2D eigenvalue weighted by atomic mass is 9.95. The molecule has 0 saturated carbocycles. The first kappa shape index (κ1) is 21.8. The maximum Gasteiger partial charge on any atom is 0.274 e. The molecule has 4 rings (SSSR count). The first-order valence-electron chi connectivity index (χ1n) is 9.97. The third-order valence-corrected chi connectivity index (χ3v) is 5.99. The summed E-state index contributed by atoms with van der Waals surface area (Å²) in [4.78, 5) is 39.4. The Morgan fingerprint density at radius 2 is 1.88 bits per heavy atom. The number of benzene rings is 1. The summed E-state index contributed by atoms with van der Waals surface area (Å²) in [6, 6.07) is 0.301. The molecule has 2 aliphatic rings. The van der Waals surface area contributed by atoms with Gasteiger partial charge < -0.3 is 19.9 Å². The Morgan fingerprint density at radius 3 is 2.53 bits per heavy atom. The highest BCUT2D eigenvalue weighted by Crippen LogP contribution is 2.35. The number of carbonyl (C=O) groups excluding carboxylic acids is 2. The van der Waals surface area contributed by atoms with Crippen LogP contribution in [0.1, 0.15) is 45.3 Å². The SMILES string of the molecule is O=C(NCc1c(F)cc(F)cc1F)c1cn2c(c(O)c1=O)C(=O)N1CCC[C@H](CF)[C@@H]2C1. The van der Waals surface area contributed by atoms with Crippen molar-refractivity contribution in [3.8, 4) is 5.75 Å². The summed E-state index contributed by atoms with van der Waals surface area (Å²) in [6.45, 7) is -0.863. The number of aromatic hydroxyl groups is 1. The number of alkyl halides is 1. The van der Waals surface area contributed by atoms with Crippen LogP contribution in [0.2, 0.25) is 0 Å². The Hall–Kier alpha value is -3.37. The first-order valence-corrected chi connectivity index (χ1v) is 9.97. The van der Waals surface area contributed by atoms with Gasteiger partial charge in [-0.25, -0.2) is 13.2 Å². The molecular weight excluding hydrogens is 434 g/mol. The van der Waals surface area contributed by atoms with Crippen molar-refractivity contribution in [3.63, 3.8) is 0 Å². The van der Waals surface area contributed by atoms with E-state index in [1.165, 1.54) is 9.47 Å². The highest BCUT2D eigenvalue weighted by atomic mass is 19.1. The summed E-state index contributed by atoms with van der Waals surface area (Å²) in [6.07, 6.45) is 2.10. The van der Waals surface area contributed by atoms with Crippen LogP contribution < -0.4 is 10.7 Å². The molecule has 2 amide bonds. The molecule has 2 atom stereocenters. The van der Waals surface area contributed by atoms with Gasteiger partial charge in [-0.1, -0.05) is 0 Å². The summed E-state index contributed by atoms with van der Waals surface area (Å²) in [5.41, 5.74) is -2.65. The van der Waals surface area contributed by atoms with Gasteiger partial charge in [-0.15, -0.1) is 0 Å². The van der Waals surface area contributed by atoms with Gasteiger partial charge in [0.05, 0.1) is 12.7 Å². The van der Waals surface area contributed by atoms with E-state index in [0.29, 0.717) is 31.5 Å². The minimum Gasteiger partial charge on any atom is -0.503 e. The second-order valence-corrected chi connectivity index (χ2v) is 7.88.